The molecule has 1 amide bonds. The summed E-state index contributed by atoms with van der Waals surface area (Å²) in [4.78, 5) is 21.6. The fraction of sp³-hybridized carbons (Fsp3) is 0.643. The molecule has 0 N–H and O–H groups in total. The van der Waals surface area contributed by atoms with Crippen molar-refractivity contribution in [2.24, 2.45) is 0 Å². The van der Waals surface area contributed by atoms with Crippen LogP contribution in [-0.2, 0) is 4.74 Å². The van der Waals surface area contributed by atoms with Gasteiger partial charge in [0.1, 0.15) is 23.7 Å². The van der Waals surface area contributed by atoms with Crippen molar-refractivity contribution in [1.29, 1.82) is 0 Å². The summed E-state index contributed by atoms with van der Waals surface area (Å²) in [6, 6.07) is 1.54. The molecule has 116 valence electrons. The molecule has 0 bridgehead atoms. The van der Waals surface area contributed by atoms with Gasteiger partial charge < -0.3 is 14.4 Å². The molecule has 1 atom stereocenters. The lowest BCUT2D eigenvalue weighted by atomic mass is 10.2. The summed E-state index contributed by atoms with van der Waals surface area (Å²) in [5.74, 6) is 0.408. The molecule has 1 aliphatic heterocycles. The minimum absolute atomic E-state index is 0.00593. The first-order chi connectivity index (χ1) is 9.85. The third-order valence-corrected chi connectivity index (χ3v) is 3.24. The molecule has 2 heterocycles. The molecule has 1 aliphatic rings. The van der Waals surface area contributed by atoms with Gasteiger partial charge in [0.05, 0.1) is 6.04 Å². The molecule has 0 aromatic carbocycles. The molecule has 0 spiro atoms. The van der Waals surface area contributed by atoms with E-state index in [1.54, 1.807) is 11.0 Å². The maximum atomic E-state index is 12.1. The number of carbonyl (C=O) groups is 1. The van der Waals surface area contributed by atoms with Crippen LogP contribution >= 0.6 is 11.6 Å². The van der Waals surface area contributed by atoms with Gasteiger partial charge in [-0.1, -0.05) is 11.6 Å². The molecule has 1 saturated heterocycles. The Balaban J connectivity index is 1.91. The summed E-state index contributed by atoms with van der Waals surface area (Å²) in [5.41, 5.74) is -0.495. The molecule has 1 aromatic rings. The molecular weight excluding hydrogens is 294 g/mol. The molecule has 21 heavy (non-hydrogen) atoms. The van der Waals surface area contributed by atoms with Crippen LogP contribution in [0.1, 0.15) is 33.6 Å². The molecule has 1 fully saturated rings. The Kier molecular flexibility index (Phi) is 4.88. The topological polar surface area (TPSA) is 64.5 Å². The van der Waals surface area contributed by atoms with Gasteiger partial charge in [-0.15, -0.1) is 0 Å². The maximum Gasteiger partial charge on any atom is 0.410 e. The smallest absolute Gasteiger partial charge is 0.410 e. The number of hydrogen-bond acceptors (Lipinski definition) is 5. The van der Waals surface area contributed by atoms with E-state index in [4.69, 9.17) is 21.1 Å². The van der Waals surface area contributed by atoms with Crippen LogP contribution in [0, 0.1) is 0 Å². The zero-order valence-electron chi connectivity index (χ0n) is 12.5. The van der Waals surface area contributed by atoms with E-state index < -0.39 is 5.60 Å². The molecule has 0 radical (unpaired) electrons. The standard InChI is InChI=1S/C14H20ClN3O3/c1-14(2,3)21-13(19)18-6-4-5-10(18)8-20-12-7-11(15)16-9-17-12/h7,9-10H,4-6,8H2,1-3H3/t10-/m0/s1. The largest absolute Gasteiger partial charge is 0.475 e. The van der Waals surface area contributed by atoms with Crippen LogP contribution in [0.4, 0.5) is 4.79 Å². The number of hydrogen-bond donors (Lipinski definition) is 0. The second kappa shape index (κ2) is 6.47. The van der Waals surface area contributed by atoms with Crippen molar-refractivity contribution in [1.82, 2.24) is 14.9 Å². The molecule has 2 rings (SSSR count). The van der Waals surface area contributed by atoms with Crippen LogP contribution in [0.5, 0.6) is 5.88 Å². The van der Waals surface area contributed by atoms with Gasteiger partial charge >= 0.3 is 6.09 Å². The van der Waals surface area contributed by atoms with Crippen molar-refractivity contribution in [2.75, 3.05) is 13.2 Å². The van der Waals surface area contributed by atoms with Crippen LogP contribution in [0.3, 0.4) is 0 Å². The van der Waals surface area contributed by atoms with Gasteiger partial charge in [-0.05, 0) is 33.6 Å². The quantitative estimate of drug-likeness (QED) is 0.803. The monoisotopic (exact) mass is 313 g/mol. The lowest BCUT2D eigenvalue weighted by Gasteiger charge is -2.28. The van der Waals surface area contributed by atoms with Crippen molar-refractivity contribution in [2.45, 2.75) is 45.3 Å². The van der Waals surface area contributed by atoms with Crippen molar-refractivity contribution in [3.05, 3.63) is 17.5 Å². The maximum absolute atomic E-state index is 12.1. The van der Waals surface area contributed by atoms with Gasteiger partial charge in [0.15, 0.2) is 0 Å². The van der Waals surface area contributed by atoms with E-state index in [1.807, 2.05) is 20.8 Å². The van der Waals surface area contributed by atoms with Crippen molar-refractivity contribution >= 4 is 17.7 Å². The fourth-order valence-corrected chi connectivity index (χ4v) is 2.28. The summed E-state index contributed by atoms with van der Waals surface area (Å²) in [5, 5.41) is 0.329. The molecule has 0 unspecified atom stereocenters. The van der Waals surface area contributed by atoms with Crippen LogP contribution in [-0.4, -0.2) is 45.8 Å². The first-order valence-electron chi connectivity index (χ1n) is 6.95. The van der Waals surface area contributed by atoms with Gasteiger partial charge in [-0.3, -0.25) is 0 Å². The van der Waals surface area contributed by atoms with Crippen LogP contribution in [0.25, 0.3) is 0 Å². The highest BCUT2D eigenvalue weighted by Gasteiger charge is 2.32. The van der Waals surface area contributed by atoms with E-state index in [1.165, 1.54) is 6.33 Å². The van der Waals surface area contributed by atoms with E-state index >= 15 is 0 Å². The zero-order valence-corrected chi connectivity index (χ0v) is 13.3. The Bertz CT molecular complexity index is 504. The van der Waals surface area contributed by atoms with Gasteiger partial charge in [-0.2, -0.15) is 0 Å². The third-order valence-electron chi connectivity index (χ3n) is 3.04. The second-order valence-electron chi connectivity index (χ2n) is 5.96. The number of halogens is 1. The lowest BCUT2D eigenvalue weighted by molar-refractivity contribution is 0.0185. The Morgan fingerprint density at radius 3 is 2.90 bits per heavy atom. The minimum Gasteiger partial charge on any atom is -0.475 e. The predicted molar refractivity (Wildman–Crippen MR) is 78.5 cm³/mol. The van der Waals surface area contributed by atoms with E-state index in [9.17, 15) is 4.79 Å². The number of likely N-dealkylation sites (tertiary alicyclic amines) is 1. The lowest BCUT2D eigenvalue weighted by Crippen LogP contribution is -2.42. The normalized spacial score (nSPS) is 18.7. The zero-order chi connectivity index (χ0) is 15.5. The summed E-state index contributed by atoms with van der Waals surface area (Å²) in [6.45, 7) is 6.63. The van der Waals surface area contributed by atoms with E-state index in [2.05, 4.69) is 9.97 Å². The van der Waals surface area contributed by atoms with Crippen molar-refractivity contribution < 1.29 is 14.3 Å². The Morgan fingerprint density at radius 1 is 1.48 bits per heavy atom. The van der Waals surface area contributed by atoms with Crippen LogP contribution in [0.15, 0.2) is 12.4 Å². The summed E-state index contributed by atoms with van der Waals surface area (Å²) < 4.78 is 11.0. The van der Waals surface area contributed by atoms with Gasteiger partial charge in [0.2, 0.25) is 5.88 Å². The number of carbonyl (C=O) groups excluding carboxylic acids is 1. The van der Waals surface area contributed by atoms with Gasteiger partial charge in [0.25, 0.3) is 0 Å². The number of rotatable bonds is 3. The molecule has 0 aliphatic carbocycles. The van der Waals surface area contributed by atoms with Crippen LogP contribution in [0.2, 0.25) is 5.15 Å². The molecule has 6 nitrogen and oxygen atoms in total. The van der Waals surface area contributed by atoms with E-state index in [-0.39, 0.29) is 12.1 Å². The second-order valence-corrected chi connectivity index (χ2v) is 6.35. The fourth-order valence-electron chi connectivity index (χ4n) is 2.15. The molecular formula is C14H20ClN3O3. The van der Waals surface area contributed by atoms with Crippen molar-refractivity contribution in [3.63, 3.8) is 0 Å². The first kappa shape index (κ1) is 15.8. The van der Waals surface area contributed by atoms with Gasteiger partial charge in [-0.25, -0.2) is 14.8 Å². The number of amides is 1. The van der Waals surface area contributed by atoms with Crippen LogP contribution < -0.4 is 4.74 Å². The SMILES string of the molecule is CC(C)(C)OC(=O)N1CCC[C@H]1COc1cc(Cl)ncn1. The average molecular weight is 314 g/mol. The Morgan fingerprint density at radius 2 is 2.24 bits per heavy atom. The number of aromatic nitrogens is 2. The van der Waals surface area contributed by atoms with E-state index in [0.29, 0.717) is 24.2 Å². The Hall–Kier alpha value is -1.56. The highest BCUT2D eigenvalue weighted by atomic mass is 35.5. The molecule has 0 saturated carbocycles. The average Bonchev–Trinajstić information content (AvgIpc) is 2.83. The predicted octanol–water partition coefficient (Wildman–Crippen LogP) is 2.91. The summed E-state index contributed by atoms with van der Waals surface area (Å²) >= 11 is 5.78. The first-order valence-corrected chi connectivity index (χ1v) is 7.33. The Labute approximate surface area is 129 Å². The summed E-state index contributed by atoms with van der Waals surface area (Å²) in [7, 11) is 0. The number of ether oxygens (including phenoxy) is 2. The summed E-state index contributed by atoms with van der Waals surface area (Å²) in [6.07, 6.45) is 2.88. The van der Waals surface area contributed by atoms with Crippen molar-refractivity contribution in [3.8, 4) is 5.88 Å². The molecule has 7 heteroatoms. The van der Waals surface area contributed by atoms with E-state index in [0.717, 1.165) is 12.8 Å². The van der Waals surface area contributed by atoms with Gasteiger partial charge in [0, 0.05) is 12.6 Å². The molecule has 1 aromatic heterocycles. The highest BCUT2D eigenvalue weighted by molar-refractivity contribution is 6.29. The number of nitrogens with zero attached hydrogens (tertiary/aromatic N) is 3. The third kappa shape index (κ3) is 4.74. The highest BCUT2D eigenvalue weighted by Crippen LogP contribution is 2.22. The minimum atomic E-state index is -0.495.